The fraction of sp³-hybridized carbons (Fsp3) is 0.524. The number of aryl methyl sites for hydroxylation is 2. The summed E-state index contributed by atoms with van der Waals surface area (Å²) in [6, 6.07) is 4.04. The van der Waals surface area contributed by atoms with Gasteiger partial charge in [0, 0.05) is 33.4 Å². The Morgan fingerprint density at radius 3 is 2.50 bits per heavy atom. The third-order valence-corrected chi connectivity index (χ3v) is 4.17. The summed E-state index contributed by atoms with van der Waals surface area (Å²) < 4.78 is 48.0. The number of guanidine groups is 1. The lowest BCUT2D eigenvalue weighted by molar-refractivity contribution is -0.138. The van der Waals surface area contributed by atoms with E-state index in [1.807, 2.05) is 19.4 Å². The second-order valence-electron chi connectivity index (χ2n) is 8.01. The molecule has 166 valence electrons. The summed E-state index contributed by atoms with van der Waals surface area (Å²) in [6.45, 7) is 6.01. The molecule has 0 aliphatic heterocycles. The van der Waals surface area contributed by atoms with Gasteiger partial charge in [-0.1, -0.05) is 6.07 Å². The minimum atomic E-state index is -4.48. The number of rotatable bonds is 7. The molecular weight excluding hydrogens is 395 g/mol. The van der Waals surface area contributed by atoms with E-state index in [2.05, 4.69) is 20.7 Å². The molecule has 0 radical (unpaired) electrons. The van der Waals surface area contributed by atoms with Crippen molar-refractivity contribution in [2.45, 2.75) is 51.9 Å². The largest absolute Gasteiger partial charge is 0.488 e. The Kier molecular flexibility index (Phi) is 7.75. The lowest BCUT2D eigenvalue weighted by Gasteiger charge is -2.23. The predicted molar refractivity (Wildman–Crippen MR) is 112 cm³/mol. The SMILES string of the molecule is CN=C(NCCCc1cnn(C)c1)NCc1ccc(OC(C)(C)C)cc1C(F)(F)F. The van der Waals surface area contributed by atoms with Crippen molar-refractivity contribution >= 4 is 5.96 Å². The van der Waals surface area contributed by atoms with Crippen LogP contribution < -0.4 is 15.4 Å². The van der Waals surface area contributed by atoms with E-state index in [0.29, 0.717) is 12.5 Å². The maximum atomic E-state index is 13.5. The molecule has 0 amide bonds. The highest BCUT2D eigenvalue weighted by atomic mass is 19.4. The first-order valence-corrected chi connectivity index (χ1v) is 9.79. The number of nitrogens with zero attached hydrogens (tertiary/aromatic N) is 3. The minimum Gasteiger partial charge on any atom is -0.488 e. The second-order valence-corrected chi connectivity index (χ2v) is 8.01. The molecule has 0 spiro atoms. The van der Waals surface area contributed by atoms with Crippen LogP contribution in [0.25, 0.3) is 0 Å². The molecule has 0 bridgehead atoms. The first-order chi connectivity index (χ1) is 14.0. The van der Waals surface area contributed by atoms with E-state index in [1.54, 1.807) is 38.6 Å². The molecule has 0 saturated heterocycles. The Balaban J connectivity index is 1.94. The number of alkyl halides is 3. The molecule has 0 fully saturated rings. The molecule has 0 unspecified atom stereocenters. The molecule has 6 nitrogen and oxygen atoms in total. The molecular formula is C21H30F3N5O. The van der Waals surface area contributed by atoms with Gasteiger partial charge in [-0.05, 0) is 56.9 Å². The molecule has 2 aromatic rings. The molecule has 2 rings (SSSR count). The summed E-state index contributed by atoms with van der Waals surface area (Å²) in [5.74, 6) is 0.640. The molecule has 2 N–H and O–H groups in total. The molecule has 1 aromatic carbocycles. The van der Waals surface area contributed by atoms with Crippen LogP contribution in [-0.4, -0.2) is 34.9 Å². The normalized spacial score (nSPS) is 12.7. The third kappa shape index (κ3) is 7.61. The number of aliphatic imine (C=N–C) groups is 1. The number of ether oxygens (including phenoxy) is 1. The van der Waals surface area contributed by atoms with Crippen LogP contribution in [0.1, 0.15) is 43.9 Å². The average Bonchev–Trinajstić information content (AvgIpc) is 3.05. The zero-order valence-electron chi connectivity index (χ0n) is 18.1. The Morgan fingerprint density at radius 2 is 1.93 bits per heavy atom. The predicted octanol–water partition coefficient (Wildman–Crippen LogP) is 3.91. The number of nitrogens with one attached hydrogen (secondary N) is 2. The van der Waals surface area contributed by atoms with E-state index in [-0.39, 0.29) is 17.9 Å². The van der Waals surface area contributed by atoms with Gasteiger partial charge in [0.05, 0.1) is 11.8 Å². The third-order valence-electron chi connectivity index (χ3n) is 4.17. The molecule has 1 heterocycles. The fourth-order valence-corrected chi connectivity index (χ4v) is 2.89. The zero-order chi connectivity index (χ0) is 22.4. The minimum absolute atomic E-state index is 0.00702. The van der Waals surface area contributed by atoms with Gasteiger partial charge in [-0.2, -0.15) is 18.3 Å². The maximum Gasteiger partial charge on any atom is 0.416 e. The van der Waals surface area contributed by atoms with Gasteiger partial charge >= 0.3 is 6.18 Å². The van der Waals surface area contributed by atoms with Crippen molar-refractivity contribution in [3.05, 3.63) is 47.3 Å². The highest BCUT2D eigenvalue weighted by Gasteiger charge is 2.34. The molecule has 0 atom stereocenters. The van der Waals surface area contributed by atoms with Crippen molar-refractivity contribution in [2.24, 2.45) is 12.0 Å². The molecule has 0 aliphatic rings. The van der Waals surface area contributed by atoms with Crippen molar-refractivity contribution in [3.8, 4) is 5.75 Å². The van der Waals surface area contributed by atoms with Crippen LogP contribution in [0.3, 0.4) is 0 Å². The van der Waals surface area contributed by atoms with E-state index in [4.69, 9.17) is 4.74 Å². The van der Waals surface area contributed by atoms with Crippen molar-refractivity contribution in [2.75, 3.05) is 13.6 Å². The first kappa shape index (κ1) is 23.6. The van der Waals surface area contributed by atoms with Crippen molar-refractivity contribution in [1.29, 1.82) is 0 Å². The van der Waals surface area contributed by atoms with Crippen molar-refractivity contribution < 1.29 is 17.9 Å². The van der Waals surface area contributed by atoms with E-state index in [0.717, 1.165) is 24.5 Å². The average molecular weight is 425 g/mol. The van der Waals surface area contributed by atoms with Gasteiger partial charge in [0.25, 0.3) is 0 Å². The molecule has 9 heteroatoms. The van der Waals surface area contributed by atoms with Crippen LogP contribution in [-0.2, 0) is 26.2 Å². The number of aromatic nitrogens is 2. The van der Waals surface area contributed by atoms with Crippen LogP contribution in [0, 0.1) is 0 Å². The van der Waals surface area contributed by atoms with Gasteiger partial charge < -0.3 is 15.4 Å². The van der Waals surface area contributed by atoms with Crippen molar-refractivity contribution in [3.63, 3.8) is 0 Å². The quantitative estimate of drug-likeness (QED) is 0.401. The van der Waals surface area contributed by atoms with Gasteiger partial charge in [-0.15, -0.1) is 0 Å². The summed E-state index contributed by atoms with van der Waals surface area (Å²) >= 11 is 0. The summed E-state index contributed by atoms with van der Waals surface area (Å²) in [7, 11) is 3.45. The number of halogens is 3. The Labute approximate surface area is 175 Å². The Bertz CT molecular complexity index is 853. The smallest absolute Gasteiger partial charge is 0.416 e. The van der Waals surface area contributed by atoms with Crippen LogP contribution >= 0.6 is 0 Å². The van der Waals surface area contributed by atoms with Crippen molar-refractivity contribution in [1.82, 2.24) is 20.4 Å². The van der Waals surface area contributed by atoms with Crippen LogP contribution in [0.4, 0.5) is 13.2 Å². The zero-order valence-corrected chi connectivity index (χ0v) is 18.1. The number of hydrogen-bond donors (Lipinski definition) is 2. The lowest BCUT2D eigenvalue weighted by Crippen LogP contribution is -2.37. The van der Waals surface area contributed by atoms with Gasteiger partial charge in [-0.25, -0.2) is 0 Å². The summed E-state index contributed by atoms with van der Waals surface area (Å²) in [6.07, 6.45) is 0.997. The number of hydrogen-bond acceptors (Lipinski definition) is 3. The Hall–Kier alpha value is -2.71. The van der Waals surface area contributed by atoms with Gasteiger partial charge in [-0.3, -0.25) is 9.67 Å². The van der Waals surface area contributed by atoms with E-state index >= 15 is 0 Å². The first-order valence-electron chi connectivity index (χ1n) is 9.79. The second kappa shape index (κ2) is 9.86. The van der Waals surface area contributed by atoms with Gasteiger partial charge in [0.1, 0.15) is 11.4 Å². The topological polar surface area (TPSA) is 63.5 Å². The highest BCUT2D eigenvalue weighted by Crippen LogP contribution is 2.35. The Morgan fingerprint density at radius 1 is 1.20 bits per heavy atom. The lowest BCUT2D eigenvalue weighted by atomic mass is 10.1. The maximum absolute atomic E-state index is 13.5. The molecule has 0 saturated carbocycles. The fourth-order valence-electron chi connectivity index (χ4n) is 2.89. The summed E-state index contributed by atoms with van der Waals surface area (Å²) in [5, 5.41) is 10.2. The van der Waals surface area contributed by atoms with Gasteiger partial charge in [0.15, 0.2) is 5.96 Å². The molecule has 0 aliphatic carbocycles. The summed E-state index contributed by atoms with van der Waals surface area (Å²) in [5.41, 5.74) is -0.0369. The van der Waals surface area contributed by atoms with Crippen LogP contribution in [0.5, 0.6) is 5.75 Å². The van der Waals surface area contributed by atoms with Crippen LogP contribution in [0.2, 0.25) is 0 Å². The van der Waals surface area contributed by atoms with Gasteiger partial charge in [0.2, 0.25) is 0 Å². The van der Waals surface area contributed by atoms with E-state index in [1.165, 1.54) is 6.07 Å². The molecule has 30 heavy (non-hydrogen) atoms. The van der Waals surface area contributed by atoms with E-state index < -0.39 is 17.3 Å². The number of benzene rings is 1. The summed E-state index contributed by atoms with van der Waals surface area (Å²) in [4.78, 5) is 4.08. The van der Waals surface area contributed by atoms with Crippen LogP contribution in [0.15, 0.2) is 35.6 Å². The van der Waals surface area contributed by atoms with E-state index in [9.17, 15) is 13.2 Å². The standard InChI is InChI=1S/C21H30F3N5O/c1-20(2,3)30-17-9-8-16(18(11-17)21(22,23)24)13-27-19(25-4)26-10-6-7-15-12-28-29(5)14-15/h8-9,11-12,14H,6-7,10,13H2,1-5H3,(H2,25,26,27). The molecule has 1 aromatic heterocycles. The highest BCUT2D eigenvalue weighted by molar-refractivity contribution is 5.79. The monoisotopic (exact) mass is 425 g/mol.